The van der Waals surface area contributed by atoms with Crippen molar-refractivity contribution < 1.29 is 23.1 Å². The van der Waals surface area contributed by atoms with Crippen LogP contribution in [0.2, 0.25) is 0 Å². The number of hydrogen-bond donors (Lipinski definition) is 1. The summed E-state index contributed by atoms with van der Waals surface area (Å²) in [7, 11) is 0. The molecule has 1 unspecified atom stereocenters. The monoisotopic (exact) mass is 295 g/mol. The molecule has 1 atom stereocenters. The van der Waals surface area contributed by atoms with Crippen molar-refractivity contribution in [3.63, 3.8) is 0 Å². The van der Waals surface area contributed by atoms with Gasteiger partial charge in [0.25, 0.3) is 0 Å². The molecular formula is C15H12F3NO2. The second-order valence-corrected chi connectivity index (χ2v) is 4.61. The van der Waals surface area contributed by atoms with Crippen molar-refractivity contribution in [2.45, 2.75) is 19.0 Å². The molecule has 2 rings (SSSR count). The number of pyridine rings is 1. The number of alkyl halides is 3. The summed E-state index contributed by atoms with van der Waals surface area (Å²) in [5, 5.41) is 8.98. The number of halogens is 3. The van der Waals surface area contributed by atoms with Gasteiger partial charge in [-0.1, -0.05) is 12.1 Å². The summed E-state index contributed by atoms with van der Waals surface area (Å²) in [6.45, 7) is 1.54. The normalized spacial score (nSPS) is 13.0. The summed E-state index contributed by atoms with van der Waals surface area (Å²) in [6, 6.07) is 7.74. The summed E-state index contributed by atoms with van der Waals surface area (Å²) in [6.07, 6.45) is -2.94. The van der Waals surface area contributed by atoms with E-state index in [9.17, 15) is 18.0 Å². The Morgan fingerprint density at radius 3 is 2.33 bits per heavy atom. The van der Waals surface area contributed by atoms with Gasteiger partial charge >= 0.3 is 12.1 Å². The van der Waals surface area contributed by atoms with Gasteiger partial charge in [0.1, 0.15) is 0 Å². The molecule has 1 N–H and O–H groups in total. The maximum Gasteiger partial charge on any atom is 0.416 e. The molecule has 1 aromatic heterocycles. The Labute approximate surface area is 119 Å². The molecule has 0 saturated heterocycles. The Morgan fingerprint density at radius 1 is 1.19 bits per heavy atom. The Balaban J connectivity index is 2.34. The predicted octanol–water partition coefficient (Wildman–Crippen LogP) is 3.96. The molecule has 21 heavy (non-hydrogen) atoms. The molecule has 1 aromatic carbocycles. The van der Waals surface area contributed by atoms with E-state index in [4.69, 9.17) is 5.11 Å². The van der Waals surface area contributed by atoms with Crippen LogP contribution >= 0.6 is 0 Å². The van der Waals surface area contributed by atoms with E-state index < -0.39 is 23.6 Å². The molecule has 110 valence electrons. The van der Waals surface area contributed by atoms with Gasteiger partial charge in [0, 0.05) is 11.8 Å². The van der Waals surface area contributed by atoms with Crippen LogP contribution < -0.4 is 0 Å². The third-order valence-electron chi connectivity index (χ3n) is 3.16. The second kappa shape index (κ2) is 5.55. The highest BCUT2D eigenvalue weighted by Gasteiger charge is 2.30. The van der Waals surface area contributed by atoms with Gasteiger partial charge in [0.15, 0.2) is 0 Å². The fraction of sp³-hybridized carbons (Fsp3) is 0.200. The molecule has 0 aliphatic heterocycles. The molecule has 0 fully saturated rings. The standard InChI is InChI=1S/C15H12F3NO2/c1-9(14(20)21)11-6-7-19-13(8-11)10-2-4-12(5-3-10)15(16,17)18/h2-9H,1H3,(H,20,21). The van der Waals surface area contributed by atoms with E-state index >= 15 is 0 Å². The first kappa shape index (κ1) is 15.0. The quantitative estimate of drug-likeness (QED) is 0.932. The minimum Gasteiger partial charge on any atom is -0.481 e. The molecule has 0 bridgehead atoms. The summed E-state index contributed by atoms with van der Waals surface area (Å²) >= 11 is 0. The smallest absolute Gasteiger partial charge is 0.416 e. The maximum atomic E-state index is 12.5. The molecule has 0 spiro atoms. The number of rotatable bonds is 3. The van der Waals surface area contributed by atoms with Gasteiger partial charge in [-0.15, -0.1) is 0 Å². The molecule has 2 aromatic rings. The van der Waals surface area contributed by atoms with Crippen LogP contribution in [0.3, 0.4) is 0 Å². The van der Waals surface area contributed by atoms with Gasteiger partial charge in [-0.3, -0.25) is 9.78 Å². The van der Waals surface area contributed by atoms with E-state index in [1.165, 1.54) is 25.3 Å². The minimum atomic E-state index is -4.38. The van der Waals surface area contributed by atoms with Gasteiger partial charge < -0.3 is 5.11 Å². The average Bonchev–Trinajstić information content (AvgIpc) is 2.46. The van der Waals surface area contributed by atoms with E-state index in [1.54, 1.807) is 12.1 Å². The lowest BCUT2D eigenvalue weighted by molar-refractivity contribution is -0.138. The predicted molar refractivity (Wildman–Crippen MR) is 70.7 cm³/mol. The largest absolute Gasteiger partial charge is 0.481 e. The number of aromatic nitrogens is 1. The number of carboxylic acids is 1. The Hall–Kier alpha value is -2.37. The maximum absolute atomic E-state index is 12.5. The summed E-state index contributed by atoms with van der Waals surface area (Å²) in [5.74, 6) is -1.68. The van der Waals surface area contributed by atoms with Gasteiger partial charge in [-0.05, 0) is 36.8 Å². The van der Waals surface area contributed by atoms with Crippen LogP contribution in [0, 0.1) is 0 Å². The van der Waals surface area contributed by atoms with E-state index in [2.05, 4.69) is 4.98 Å². The van der Waals surface area contributed by atoms with Crippen molar-refractivity contribution in [2.24, 2.45) is 0 Å². The van der Waals surface area contributed by atoms with Crippen molar-refractivity contribution in [2.75, 3.05) is 0 Å². The zero-order valence-corrected chi connectivity index (χ0v) is 11.1. The van der Waals surface area contributed by atoms with Gasteiger partial charge in [-0.25, -0.2) is 0 Å². The average molecular weight is 295 g/mol. The number of carbonyl (C=O) groups is 1. The fourth-order valence-corrected chi connectivity index (χ4v) is 1.85. The number of nitrogens with zero attached hydrogens (tertiary/aromatic N) is 1. The Morgan fingerprint density at radius 2 is 1.81 bits per heavy atom. The third-order valence-corrected chi connectivity index (χ3v) is 3.16. The van der Waals surface area contributed by atoms with Gasteiger partial charge in [0.2, 0.25) is 0 Å². The molecule has 0 saturated carbocycles. The molecule has 1 heterocycles. The molecular weight excluding hydrogens is 283 g/mol. The molecule has 0 aliphatic carbocycles. The number of carboxylic acid groups (broad SMARTS) is 1. The topological polar surface area (TPSA) is 50.2 Å². The highest BCUT2D eigenvalue weighted by molar-refractivity contribution is 5.76. The molecule has 0 aliphatic rings. The van der Waals surface area contributed by atoms with Crippen molar-refractivity contribution in [3.8, 4) is 11.3 Å². The van der Waals surface area contributed by atoms with Crippen molar-refractivity contribution >= 4 is 5.97 Å². The van der Waals surface area contributed by atoms with Crippen molar-refractivity contribution in [3.05, 3.63) is 53.7 Å². The lowest BCUT2D eigenvalue weighted by Gasteiger charge is -2.10. The fourth-order valence-electron chi connectivity index (χ4n) is 1.85. The second-order valence-electron chi connectivity index (χ2n) is 4.61. The Bertz CT molecular complexity index is 651. The van der Waals surface area contributed by atoms with Crippen LogP contribution in [0.5, 0.6) is 0 Å². The van der Waals surface area contributed by atoms with Gasteiger partial charge in [0.05, 0.1) is 17.2 Å². The zero-order chi connectivity index (χ0) is 15.6. The summed E-state index contributed by atoms with van der Waals surface area (Å²) < 4.78 is 37.5. The Kier molecular flexibility index (Phi) is 3.97. The SMILES string of the molecule is CC(C(=O)O)c1ccnc(-c2ccc(C(F)(F)F)cc2)c1. The molecule has 3 nitrogen and oxygen atoms in total. The molecule has 0 radical (unpaired) electrons. The number of aliphatic carboxylic acids is 1. The highest BCUT2D eigenvalue weighted by atomic mass is 19.4. The van der Waals surface area contributed by atoms with E-state index in [-0.39, 0.29) is 0 Å². The summed E-state index contributed by atoms with van der Waals surface area (Å²) in [5.41, 5.74) is 0.755. The minimum absolute atomic E-state index is 0.439. The first-order chi connectivity index (χ1) is 9.79. The van der Waals surface area contributed by atoms with E-state index in [1.807, 2.05) is 0 Å². The third kappa shape index (κ3) is 3.39. The summed E-state index contributed by atoms with van der Waals surface area (Å²) in [4.78, 5) is 15.0. The zero-order valence-electron chi connectivity index (χ0n) is 11.1. The first-order valence-electron chi connectivity index (χ1n) is 6.15. The van der Waals surface area contributed by atoms with E-state index in [0.29, 0.717) is 16.8 Å². The molecule has 0 amide bonds. The number of benzene rings is 1. The molecule has 6 heteroatoms. The van der Waals surface area contributed by atoms with Crippen LogP contribution in [-0.2, 0) is 11.0 Å². The van der Waals surface area contributed by atoms with E-state index in [0.717, 1.165) is 12.1 Å². The van der Waals surface area contributed by atoms with Crippen LogP contribution in [0.25, 0.3) is 11.3 Å². The van der Waals surface area contributed by atoms with Crippen LogP contribution in [0.1, 0.15) is 24.0 Å². The van der Waals surface area contributed by atoms with Crippen LogP contribution in [0.4, 0.5) is 13.2 Å². The highest BCUT2D eigenvalue weighted by Crippen LogP contribution is 2.31. The number of hydrogen-bond acceptors (Lipinski definition) is 2. The van der Waals surface area contributed by atoms with Crippen LogP contribution in [-0.4, -0.2) is 16.1 Å². The van der Waals surface area contributed by atoms with Crippen LogP contribution in [0.15, 0.2) is 42.6 Å². The van der Waals surface area contributed by atoms with Crippen molar-refractivity contribution in [1.82, 2.24) is 4.98 Å². The lowest BCUT2D eigenvalue weighted by atomic mass is 9.99. The van der Waals surface area contributed by atoms with Crippen molar-refractivity contribution in [1.29, 1.82) is 0 Å². The lowest BCUT2D eigenvalue weighted by Crippen LogP contribution is -2.07. The first-order valence-corrected chi connectivity index (χ1v) is 6.15. The van der Waals surface area contributed by atoms with Gasteiger partial charge in [-0.2, -0.15) is 13.2 Å².